The summed E-state index contributed by atoms with van der Waals surface area (Å²) in [6.07, 6.45) is 6.98. The quantitative estimate of drug-likeness (QED) is 0.378. The molecule has 7 rings (SSSR count). The highest BCUT2D eigenvalue weighted by atomic mass is 32.2. The molecule has 3 aliphatic heterocycles. The fourth-order valence-corrected chi connectivity index (χ4v) is 9.25. The zero-order chi connectivity index (χ0) is 35.2. The Morgan fingerprint density at radius 1 is 1.14 bits per heavy atom. The van der Waals surface area contributed by atoms with Crippen molar-refractivity contribution < 1.29 is 36.7 Å². The van der Waals surface area contributed by atoms with Gasteiger partial charge in [-0.15, -0.1) is 11.3 Å². The highest BCUT2D eigenvalue weighted by Crippen LogP contribution is 2.46. The molecule has 268 valence electrons. The van der Waals surface area contributed by atoms with Crippen molar-refractivity contribution in [2.45, 2.75) is 107 Å². The van der Waals surface area contributed by atoms with Crippen LogP contribution in [0.3, 0.4) is 0 Å². The number of hydrogen-bond acceptors (Lipinski definition) is 10. The van der Waals surface area contributed by atoms with Gasteiger partial charge in [0.1, 0.15) is 29.5 Å². The Bertz CT molecular complexity index is 1830. The summed E-state index contributed by atoms with van der Waals surface area (Å²) in [5, 5.41) is 7.91. The summed E-state index contributed by atoms with van der Waals surface area (Å²) in [7, 11) is -3.88. The third kappa shape index (κ3) is 7.09. The monoisotopic (exact) mass is 728 g/mol. The average molecular weight is 729 g/mol. The Labute approximate surface area is 294 Å². The van der Waals surface area contributed by atoms with E-state index in [1.807, 2.05) is 24.5 Å². The van der Waals surface area contributed by atoms with E-state index in [0.717, 1.165) is 31.4 Å². The number of aromatic nitrogens is 1. The summed E-state index contributed by atoms with van der Waals surface area (Å²) in [4.78, 5) is 62.7. The second-order valence-corrected chi connectivity index (χ2v) is 16.8. The molecule has 5 atom stereocenters. The van der Waals surface area contributed by atoms with Gasteiger partial charge in [0.15, 0.2) is 5.13 Å². The molecule has 0 radical (unpaired) electrons. The van der Waals surface area contributed by atoms with Crippen molar-refractivity contribution in [2.24, 2.45) is 5.92 Å². The van der Waals surface area contributed by atoms with Crippen molar-refractivity contribution >= 4 is 50.3 Å². The molecule has 13 nitrogen and oxygen atoms in total. The predicted molar refractivity (Wildman–Crippen MR) is 182 cm³/mol. The molecule has 1 aromatic carbocycles. The number of benzene rings is 1. The molecule has 2 saturated carbocycles. The van der Waals surface area contributed by atoms with Crippen LogP contribution >= 0.6 is 11.3 Å². The number of nitrogens with one attached hydrogen (secondary N) is 3. The van der Waals surface area contributed by atoms with Crippen LogP contribution in [0, 0.1) is 18.7 Å². The third-order valence-electron chi connectivity index (χ3n) is 10.2. The Balaban J connectivity index is 1.14. The molecule has 0 bridgehead atoms. The normalized spacial score (nSPS) is 29.1. The van der Waals surface area contributed by atoms with Gasteiger partial charge >= 0.3 is 6.09 Å². The molecule has 5 aliphatic rings. The van der Waals surface area contributed by atoms with Crippen molar-refractivity contribution in [3.05, 3.63) is 58.4 Å². The number of carbonyl (C=O) groups is 4. The fourth-order valence-electron chi connectivity index (χ4n) is 7.14. The minimum absolute atomic E-state index is 0.0373. The van der Waals surface area contributed by atoms with Crippen LogP contribution < -0.4 is 15.4 Å². The van der Waals surface area contributed by atoms with Crippen LogP contribution in [0.2, 0.25) is 0 Å². The van der Waals surface area contributed by atoms with E-state index in [-0.39, 0.29) is 38.4 Å². The predicted octanol–water partition coefficient (Wildman–Crippen LogP) is 3.50. The lowest BCUT2D eigenvalue weighted by Gasteiger charge is -2.29. The second-order valence-electron chi connectivity index (χ2n) is 14.0. The average Bonchev–Trinajstić information content (AvgIpc) is 3.89. The summed E-state index contributed by atoms with van der Waals surface area (Å²) < 4.78 is 48.0. The van der Waals surface area contributed by atoms with Crippen LogP contribution in [0.15, 0.2) is 35.7 Å². The van der Waals surface area contributed by atoms with Crippen molar-refractivity contribution in [1.82, 2.24) is 24.8 Å². The fraction of sp³-hybridized carbons (Fsp3) is 0.559. The summed E-state index contributed by atoms with van der Waals surface area (Å²) >= 11 is 1.37. The molecule has 4 amide bonds. The highest BCUT2D eigenvalue weighted by molar-refractivity contribution is 7.91. The lowest BCUT2D eigenvalue weighted by Crippen LogP contribution is -2.57. The number of fused-ring (bicyclic) bond motifs is 3. The summed E-state index contributed by atoms with van der Waals surface area (Å²) in [5.41, 5.74) is 0.405. The van der Waals surface area contributed by atoms with Gasteiger partial charge in [0.05, 0.1) is 24.0 Å². The molecule has 2 aliphatic carbocycles. The lowest BCUT2D eigenvalue weighted by atomic mass is 10.1. The van der Waals surface area contributed by atoms with Crippen molar-refractivity contribution in [3.8, 4) is 0 Å². The third-order valence-corrected chi connectivity index (χ3v) is 12.9. The van der Waals surface area contributed by atoms with Crippen LogP contribution in [-0.2, 0) is 42.2 Å². The Morgan fingerprint density at radius 2 is 1.96 bits per heavy atom. The van der Waals surface area contributed by atoms with E-state index in [1.54, 1.807) is 12.1 Å². The van der Waals surface area contributed by atoms with E-state index >= 15 is 0 Å². The summed E-state index contributed by atoms with van der Waals surface area (Å²) in [5.74, 6) is -2.64. The number of ether oxygens (including phenoxy) is 1. The van der Waals surface area contributed by atoms with Gasteiger partial charge in [-0.2, -0.15) is 0 Å². The maximum absolute atomic E-state index is 14.4. The van der Waals surface area contributed by atoms with Gasteiger partial charge in [-0.1, -0.05) is 37.1 Å². The number of carbonyl (C=O) groups excluding carboxylic acids is 4. The standard InChI is InChI=1S/C34H41FN6O7S2/c1-20-19-49-32(36-20)37-27-11-6-4-2-3-5-9-22-15-34(22,31(44)39-50(46,47)24-12-13-24)38-29(42)28-14-23(17-41(28)30(27)43)48-33(45)40-16-21-8-7-10-26(35)25(21)18-40/h5,7-10,19,22-24,27-28H,2-4,6,11-18H2,1H3,(H,36,37)(H,38,42)(H,39,44)/b9-5-/t22-,23+,27-,28-,34-/m0/s1. The number of aryl methyl sites for hydroxylation is 1. The Hall–Kier alpha value is -4.05. The number of thiazole rings is 1. The van der Waals surface area contributed by atoms with Gasteiger partial charge in [0.2, 0.25) is 21.8 Å². The first kappa shape index (κ1) is 34.4. The maximum Gasteiger partial charge on any atom is 0.410 e. The number of allylic oxidation sites excluding steroid dienone is 1. The highest BCUT2D eigenvalue weighted by Gasteiger charge is 2.62. The zero-order valence-corrected chi connectivity index (χ0v) is 29.4. The smallest absolute Gasteiger partial charge is 0.410 e. The van der Waals surface area contributed by atoms with E-state index in [1.165, 1.54) is 27.2 Å². The number of hydrogen-bond donors (Lipinski definition) is 3. The molecule has 4 heterocycles. The number of nitrogens with zero attached hydrogens (tertiary/aromatic N) is 3. The molecule has 3 N–H and O–H groups in total. The molecule has 16 heteroatoms. The molecular weight excluding hydrogens is 688 g/mol. The maximum atomic E-state index is 14.4. The molecule has 3 fully saturated rings. The van der Waals surface area contributed by atoms with Gasteiger partial charge in [-0.3, -0.25) is 24.0 Å². The zero-order valence-electron chi connectivity index (χ0n) is 27.7. The van der Waals surface area contributed by atoms with E-state index in [2.05, 4.69) is 20.3 Å². The number of anilines is 1. The van der Waals surface area contributed by atoms with Gasteiger partial charge in [-0.05, 0) is 57.1 Å². The van der Waals surface area contributed by atoms with Gasteiger partial charge < -0.3 is 20.3 Å². The first-order valence-electron chi connectivity index (χ1n) is 17.2. The summed E-state index contributed by atoms with van der Waals surface area (Å²) in [6, 6.07) is 2.83. The second kappa shape index (κ2) is 13.6. The molecule has 1 aromatic heterocycles. The Kier molecular flexibility index (Phi) is 9.35. The minimum Gasteiger partial charge on any atom is -0.444 e. The molecule has 1 saturated heterocycles. The van der Waals surface area contributed by atoms with Crippen molar-refractivity contribution in [1.29, 1.82) is 0 Å². The Morgan fingerprint density at radius 3 is 2.70 bits per heavy atom. The number of halogens is 1. The van der Waals surface area contributed by atoms with Crippen LogP contribution in [0.4, 0.5) is 14.3 Å². The largest absolute Gasteiger partial charge is 0.444 e. The number of sulfonamides is 1. The lowest BCUT2D eigenvalue weighted by molar-refractivity contribution is -0.140. The topological polar surface area (TPSA) is 167 Å². The first-order chi connectivity index (χ1) is 23.9. The molecule has 0 unspecified atom stereocenters. The van der Waals surface area contributed by atoms with Crippen molar-refractivity contribution in [2.75, 3.05) is 11.9 Å². The molecule has 2 aromatic rings. The minimum atomic E-state index is -3.88. The van der Waals surface area contributed by atoms with Crippen LogP contribution in [-0.4, -0.2) is 82.5 Å². The first-order valence-corrected chi connectivity index (χ1v) is 19.6. The van der Waals surface area contributed by atoms with Gasteiger partial charge in [-0.25, -0.2) is 22.6 Å². The molecule has 0 spiro atoms. The van der Waals surface area contributed by atoms with Crippen molar-refractivity contribution in [3.63, 3.8) is 0 Å². The molecule has 50 heavy (non-hydrogen) atoms. The number of rotatable bonds is 6. The van der Waals surface area contributed by atoms with Crippen LogP contribution in [0.5, 0.6) is 0 Å². The number of amides is 4. The SMILES string of the molecule is Cc1csc(N[C@H]2CCCCC/C=C\[C@H]3C[C@]3(C(=O)NS(=O)(=O)C3CC3)NC(=O)[C@@H]3C[C@@H](OC(=O)N4Cc5cccc(F)c5C4)CN3C2=O)n1. The molecular formula is C34H41FN6O7S2. The van der Waals surface area contributed by atoms with E-state index in [0.29, 0.717) is 35.5 Å². The van der Waals surface area contributed by atoms with E-state index < -0.39 is 68.6 Å². The van der Waals surface area contributed by atoms with Crippen LogP contribution in [0.1, 0.15) is 74.6 Å². The van der Waals surface area contributed by atoms with Crippen LogP contribution in [0.25, 0.3) is 0 Å². The van der Waals surface area contributed by atoms with E-state index in [4.69, 9.17) is 4.74 Å². The van der Waals surface area contributed by atoms with Gasteiger partial charge in [0, 0.05) is 29.8 Å². The summed E-state index contributed by atoms with van der Waals surface area (Å²) in [6.45, 7) is 1.98. The van der Waals surface area contributed by atoms with E-state index in [9.17, 15) is 32.0 Å². The van der Waals surface area contributed by atoms with Gasteiger partial charge in [0.25, 0.3) is 5.91 Å².